The van der Waals surface area contributed by atoms with Crippen LogP contribution in [0.5, 0.6) is 0 Å². The molecule has 2 heterocycles. The standard InChI is InChI=1S/C21H28FN5O/c1-15(16-6-8-17(22)9-7-16)19-20(23-10-13-27-11-4-5-12-27)24-14-18(25-19)21(28)26(2)3/h6-9,14-15H,4-5,10-13H2,1-3H3,(H,23,24). The lowest BCUT2D eigenvalue weighted by Gasteiger charge is -2.20. The van der Waals surface area contributed by atoms with Crippen LogP contribution in [0.4, 0.5) is 10.2 Å². The second-order valence-electron chi connectivity index (χ2n) is 7.44. The lowest BCUT2D eigenvalue weighted by molar-refractivity contribution is 0.0821. The molecule has 2 aromatic rings. The highest BCUT2D eigenvalue weighted by Crippen LogP contribution is 2.28. The highest BCUT2D eigenvalue weighted by molar-refractivity contribution is 5.91. The number of hydrogen-bond donors (Lipinski definition) is 1. The number of rotatable bonds is 7. The van der Waals surface area contributed by atoms with Crippen LogP contribution in [-0.2, 0) is 0 Å². The summed E-state index contributed by atoms with van der Waals surface area (Å²) in [6, 6.07) is 6.37. The van der Waals surface area contributed by atoms with Crippen LogP contribution in [0.25, 0.3) is 0 Å². The molecule has 3 rings (SSSR count). The number of benzene rings is 1. The Morgan fingerprint density at radius 2 is 1.93 bits per heavy atom. The maximum absolute atomic E-state index is 13.3. The number of nitrogens with one attached hydrogen (secondary N) is 1. The Labute approximate surface area is 165 Å². The first-order valence-corrected chi connectivity index (χ1v) is 9.76. The first kappa shape index (κ1) is 20.2. The summed E-state index contributed by atoms with van der Waals surface area (Å²) in [4.78, 5) is 25.4. The first-order chi connectivity index (χ1) is 13.5. The highest BCUT2D eigenvalue weighted by Gasteiger charge is 2.20. The summed E-state index contributed by atoms with van der Waals surface area (Å²) >= 11 is 0. The summed E-state index contributed by atoms with van der Waals surface area (Å²) in [5.74, 6) is 0.0785. The Bertz CT molecular complexity index is 803. The van der Waals surface area contributed by atoms with Gasteiger partial charge in [0, 0.05) is 33.1 Å². The van der Waals surface area contributed by atoms with Crippen molar-refractivity contribution in [3.8, 4) is 0 Å². The molecule has 6 nitrogen and oxygen atoms in total. The zero-order valence-electron chi connectivity index (χ0n) is 16.8. The molecule has 1 fully saturated rings. The van der Waals surface area contributed by atoms with Crippen molar-refractivity contribution in [3.63, 3.8) is 0 Å². The third kappa shape index (κ3) is 4.84. The molecule has 28 heavy (non-hydrogen) atoms. The van der Waals surface area contributed by atoms with E-state index in [9.17, 15) is 9.18 Å². The van der Waals surface area contributed by atoms with Gasteiger partial charge in [0.1, 0.15) is 17.3 Å². The van der Waals surface area contributed by atoms with Gasteiger partial charge in [-0.15, -0.1) is 0 Å². The van der Waals surface area contributed by atoms with Crippen LogP contribution < -0.4 is 5.32 Å². The minimum Gasteiger partial charge on any atom is -0.367 e. The van der Waals surface area contributed by atoms with Gasteiger partial charge in [0.25, 0.3) is 5.91 Å². The van der Waals surface area contributed by atoms with Crippen molar-refractivity contribution in [1.82, 2.24) is 19.8 Å². The monoisotopic (exact) mass is 385 g/mol. The Morgan fingerprint density at radius 3 is 2.57 bits per heavy atom. The van der Waals surface area contributed by atoms with Crippen LogP contribution in [0.15, 0.2) is 30.5 Å². The van der Waals surface area contributed by atoms with Gasteiger partial charge in [-0.05, 0) is 43.6 Å². The van der Waals surface area contributed by atoms with E-state index in [0.29, 0.717) is 17.2 Å². The molecule has 1 saturated heterocycles. The summed E-state index contributed by atoms with van der Waals surface area (Å²) in [5.41, 5.74) is 1.92. The number of carbonyl (C=O) groups excluding carboxylic acids is 1. The third-order valence-corrected chi connectivity index (χ3v) is 5.12. The van der Waals surface area contributed by atoms with Crippen molar-refractivity contribution in [1.29, 1.82) is 0 Å². The topological polar surface area (TPSA) is 61.4 Å². The van der Waals surface area contributed by atoms with E-state index in [1.54, 1.807) is 26.2 Å². The Kier molecular flexibility index (Phi) is 6.57. The zero-order chi connectivity index (χ0) is 20.1. The predicted octanol–water partition coefficient (Wildman–Crippen LogP) is 2.98. The summed E-state index contributed by atoms with van der Waals surface area (Å²) in [7, 11) is 3.38. The molecule has 1 atom stereocenters. The number of anilines is 1. The molecule has 7 heteroatoms. The van der Waals surface area contributed by atoms with E-state index in [1.807, 2.05) is 6.92 Å². The van der Waals surface area contributed by atoms with E-state index in [0.717, 1.165) is 31.7 Å². The molecule has 0 aliphatic carbocycles. The average molecular weight is 385 g/mol. The normalized spacial score (nSPS) is 15.4. The van der Waals surface area contributed by atoms with Crippen molar-refractivity contribution in [3.05, 3.63) is 53.2 Å². The fourth-order valence-electron chi connectivity index (χ4n) is 3.42. The Morgan fingerprint density at radius 1 is 1.25 bits per heavy atom. The molecule has 150 valence electrons. The number of nitrogens with zero attached hydrogens (tertiary/aromatic N) is 4. The lowest BCUT2D eigenvalue weighted by Crippen LogP contribution is -2.27. The third-order valence-electron chi connectivity index (χ3n) is 5.12. The second-order valence-corrected chi connectivity index (χ2v) is 7.44. The van der Waals surface area contributed by atoms with Crippen molar-refractivity contribution in [2.45, 2.75) is 25.7 Å². The van der Waals surface area contributed by atoms with Crippen LogP contribution >= 0.6 is 0 Å². The largest absolute Gasteiger partial charge is 0.367 e. The van der Waals surface area contributed by atoms with Gasteiger partial charge in [-0.3, -0.25) is 4.79 Å². The van der Waals surface area contributed by atoms with E-state index < -0.39 is 0 Å². The number of carbonyl (C=O) groups is 1. The van der Waals surface area contributed by atoms with Gasteiger partial charge in [0.15, 0.2) is 0 Å². The van der Waals surface area contributed by atoms with Gasteiger partial charge in [0.2, 0.25) is 0 Å². The van der Waals surface area contributed by atoms with Crippen LogP contribution in [0.2, 0.25) is 0 Å². The van der Waals surface area contributed by atoms with E-state index in [4.69, 9.17) is 0 Å². The molecular weight excluding hydrogens is 357 g/mol. The molecule has 1 aromatic heterocycles. The summed E-state index contributed by atoms with van der Waals surface area (Å²) in [6.07, 6.45) is 4.03. The van der Waals surface area contributed by atoms with E-state index >= 15 is 0 Å². The van der Waals surface area contributed by atoms with E-state index in [2.05, 4.69) is 20.2 Å². The molecule has 0 spiro atoms. The van der Waals surface area contributed by atoms with Gasteiger partial charge in [-0.25, -0.2) is 14.4 Å². The number of halogens is 1. The molecule has 1 amide bonds. The number of aromatic nitrogens is 2. The van der Waals surface area contributed by atoms with Gasteiger partial charge in [-0.1, -0.05) is 19.1 Å². The van der Waals surface area contributed by atoms with Crippen LogP contribution in [0.1, 0.15) is 47.4 Å². The maximum atomic E-state index is 13.3. The van der Waals surface area contributed by atoms with E-state index in [-0.39, 0.29) is 17.6 Å². The van der Waals surface area contributed by atoms with E-state index in [1.165, 1.54) is 36.1 Å². The SMILES string of the molecule is CC(c1ccc(F)cc1)c1nc(C(=O)N(C)C)cnc1NCCN1CCCC1. The van der Waals surface area contributed by atoms with Gasteiger partial charge in [-0.2, -0.15) is 0 Å². The summed E-state index contributed by atoms with van der Waals surface area (Å²) < 4.78 is 13.3. The molecule has 0 radical (unpaired) electrons. The van der Waals surface area contributed by atoms with Gasteiger partial charge >= 0.3 is 0 Å². The first-order valence-electron chi connectivity index (χ1n) is 9.76. The fraction of sp³-hybridized carbons (Fsp3) is 0.476. The van der Waals surface area contributed by atoms with Crippen LogP contribution in [0, 0.1) is 5.82 Å². The van der Waals surface area contributed by atoms with Crippen molar-refractivity contribution < 1.29 is 9.18 Å². The summed E-state index contributed by atoms with van der Waals surface area (Å²) in [5, 5.41) is 3.38. The highest BCUT2D eigenvalue weighted by atomic mass is 19.1. The quantitative estimate of drug-likeness (QED) is 0.794. The van der Waals surface area contributed by atoms with Crippen LogP contribution in [0.3, 0.4) is 0 Å². The second kappa shape index (κ2) is 9.10. The summed E-state index contributed by atoms with van der Waals surface area (Å²) in [6.45, 7) is 5.99. The number of likely N-dealkylation sites (tertiary alicyclic amines) is 1. The molecule has 1 N–H and O–H groups in total. The molecule has 1 aromatic carbocycles. The molecule has 1 unspecified atom stereocenters. The maximum Gasteiger partial charge on any atom is 0.273 e. The molecular formula is C21H28FN5O. The molecule has 1 aliphatic rings. The smallest absolute Gasteiger partial charge is 0.273 e. The molecule has 0 saturated carbocycles. The minimum atomic E-state index is -0.275. The zero-order valence-corrected chi connectivity index (χ0v) is 16.8. The van der Waals surface area contributed by atoms with Crippen molar-refractivity contribution >= 4 is 11.7 Å². The minimum absolute atomic E-state index is 0.128. The van der Waals surface area contributed by atoms with Gasteiger partial charge in [0.05, 0.1) is 11.9 Å². The predicted molar refractivity (Wildman–Crippen MR) is 108 cm³/mol. The Balaban J connectivity index is 1.84. The molecule has 0 bridgehead atoms. The van der Waals surface area contributed by atoms with Gasteiger partial charge < -0.3 is 15.1 Å². The number of hydrogen-bond acceptors (Lipinski definition) is 5. The molecule has 1 aliphatic heterocycles. The van der Waals surface area contributed by atoms with Crippen molar-refractivity contribution in [2.24, 2.45) is 0 Å². The lowest BCUT2D eigenvalue weighted by atomic mass is 9.97. The average Bonchev–Trinajstić information content (AvgIpc) is 3.21. The fourth-order valence-corrected chi connectivity index (χ4v) is 3.42. The van der Waals surface area contributed by atoms with Crippen LogP contribution in [-0.4, -0.2) is 65.9 Å². The Hall–Kier alpha value is -2.54. The van der Waals surface area contributed by atoms with Crippen molar-refractivity contribution in [2.75, 3.05) is 45.6 Å². The number of amides is 1.